The van der Waals surface area contributed by atoms with Gasteiger partial charge < -0.3 is 19.6 Å². The van der Waals surface area contributed by atoms with Crippen LogP contribution in [0.1, 0.15) is 37.9 Å². The van der Waals surface area contributed by atoms with Crippen molar-refractivity contribution < 1.29 is 24.2 Å². The number of amides is 1. The molecule has 0 spiro atoms. The van der Waals surface area contributed by atoms with Gasteiger partial charge in [0.1, 0.15) is 11.5 Å². The van der Waals surface area contributed by atoms with Gasteiger partial charge in [0.2, 0.25) is 0 Å². The lowest BCUT2D eigenvalue weighted by atomic mass is 9.95. The molecule has 1 aliphatic heterocycles. The van der Waals surface area contributed by atoms with E-state index in [1.165, 1.54) is 17.9 Å². The Kier molecular flexibility index (Phi) is 7.89. The van der Waals surface area contributed by atoms with Crippen LogP contribution < -0.4 is 4.74 Å². The van der Waals surface area contributed by atoms with E-state index in [0.29, 0.717) is 29.2 Å². The highest BCUT2D eigenvalue weighted by Gasteiger charge is 2.46. The topological polar surface area (TPSA) is 87.2 Å². The van der Waals surface area contributed by atoms with Crippen LogP contribution in [0.2, 0.25) is 5.02 Å². The molecule has 1 atom stereocenters. The molecule has 2 aromatic carbocycles. The van der Waals surface area contributed by atoms with Crippen molar-refractivity contribution in [1.82, 2.24) is 9.80 Å². The number of hydrogen-bond acceptors (Lipinski definition) is 6. The predicted octanol–water partition coefficient (Wildman–Crippen LogP) is 4.03. The van der Waals surface area contributed by atoms with E-state index in [9.17, 15) is 19.5 Å². The molecule has 0 radical (unpaired) electrons. The van der Waals surface area contributed by atoms with Crippen molar-refractivity contribution in [2.75, 3.05) is 26.2 Å². The number of aliphatic hydroxyl groups is 1. The van der Waals surface area contributed by atoms with Crippen molar-refractivity contribution in [1.29, 1.82) is 0 Å². The second-order valence-electron chi connectivity index (χ2n) is 7.70. The van der Waals surface area contributed by atoms with E-state index in [4.69, 9.17) is 16.3 Å². The Bertz CT molecular complexity index is 1090. The Morgan fingerprint density at radius 3 is 2.45 bits per heavy atom. The van der Waals surface area contributed by atoms with Crippen molar-refractivity contribution in [2.45, 2.75) is 26.8 Å². The molecule has 7 nitrogen and oxygen atoms in total. The minimum atomic E-state index is -0.838. The van der Waals surface area contributed by atoms with Crippen molar-refractivity contribution in [2.24, 2.45) is 0 Å². The fraction of sp³-hybridized carbons (Fsp3) is 0.320. The van der Waals surface area contributed by atoms with Crippen LogP contribution in [0.25, 0.3) is 5.76 Å². The smallest absolute Gasteiger partial charge is 0.308 e. The fourth-order valence-corrected chi connectivity index (χ4v) is 4.14. The number of halogens is 1. The van der Waals surface area contributed by atoms with E-state index < -0.39 is 23.7 Å². The summed E-state index contributed by atoms with van der Waals surface area (Å²) in [6, 6.07) is 12.3. The largest absolute Gasteiger partial charge is 0.507 e. The van der Waals surface area contributed by atoms with Crippen LogP contribution in [0.3, 0.4) is 0 Å². The average molecular weight is 471 g/mol. The second kappa shape index (κ2) is 10.6. The maximum atomic E-state index is 13.1. The molecule has 1 saturated heterocycles. The molecule has 0 aliphatic carbocycles. The summed E-state index contributed by atoms with van der Waals surface area (Å²) >= 11 is 6.08. The van der Waals surface area contributed by atoms with Gasteiger partial charge in [-0.05, 0) is 42.9 Å². The van der Waals surface area contributed by atoms with E-state index >= 15 is 0 Å². The van der Waals surface area contributed by atoms with Crippen LogP contribution in [-0.2, 0) is 14.4 Å². The number of aliphatic hydroxyl groups excluding tert-OH is 1. The van der Waals surface area contributed by atoms with Gasteiger partial charge in [0.25, 0.3) is 11.7 Å². The molecule has 1 heterocycles. The molecule has 0 saturated carbocycles. The van der Waals surface area contributed by atoms with Crippen molar-refractivity contribution in [3.05, 3.63) is 70.3 Å². The Labute approximate surface area is 198 Å². The molecule has 3 rings (SSSR count). The van der Waals surface area contributed by atoms with Crippen LogP contribution in [0.15, 0.2) is 54.1 Å². The first-order valence-corrected chi connectivity index (χ1v) is 11.2. The number of rotatable bonds is 8. The first-order valence-electron chi connectivity index (χ1n) is 10.8. The quantitative estimate of drug-likeness (QED) is 0.206. The summed E-state index contributed by atoms with van der Waals surface area (Å²) in [4.78, 5) is 41.2. The van der Waals surface area contributed by atoms with Gasteiger partial charge in [-0.3, -0.25) is 14.4 Å². The second-order valence-corrected chi connectivity index (χ2v) is 8.13. The molecule has 1 amide bonds. The van der Waals surface area contributed by atoms with Crippen LogP contribution in [0.5, 0.6) is 5.75 Å². The summed E-state index contributed by atoms with van der Waals surface area (Å²) in [6.07, 6.45) is 0. The first kappa shape index (κ1) is 24.5. The monoisotopic (exact) mass is 470 g/mol. The number of nitrogens with zero attached hydrogens (tertiary/aromatic N) is 2. The number of benzene rings is 2. The van der Waals surface area contributed by atoms with Crippen LogP contribution in [-0.4, -0.2) is 58.7 Å². The van der Waals surface area contributed by atoms with Crippen LogP contribution in [0, 0.1) is 0 Å². The third-order valence-electron chi connectivity index (χ3n) is 5.62. The number of likely N-dealkylation sites (N-methyl/N-ethyl adjacent to an activating group) is 1. The molecule has 1 fully saturated rings. The number of carbonyl (C=O) groups excluding carboxylic acids is 3. The number of Topliss-reactive ketones (excluding diaryl/α,β-unsaturated/α-hetero) is 1. The maximum Gasteiger partial charge on any atom is 0.308 e. The molecule has 0 aromatic heterocycles. The normalized spacial score (nSPS) is 17.6. The zero-order valence-corrected chi connectivity index (χ0v) is 19.6. The zero-order valence-electron chi connectivity index (χ0n) is 18.9. The van der Waals surface area contributed by atoms with Crippen LogP contribution in [0.4, 0.5) is 0 Å². The lowest BCUT2D eigenvalue weighted by molar-refractivity contribution is -0.140. The van der Waals surface area contributed by atoms with Gasteiger partial charge in [-0.2, -0.15) is 0 Å². The van der Waals surface area contributed by atoms with Crippen molar-refractivity contribution in [3.63, 3.8) is 0 Å². The standard InChI is InChI=1S/C25H27ClN2O5/c1-4-27(5-2)12-13-28-22(17-8-7-11-20(15-17)33-16(3)29)21(24(31)25(28)32)23(30)18-9-6-10-19(26)14-18/h6-11,14-15,22,30H,4-5,12-13H2,1-3H3/b23-21-. The van der Waals surface area contributed by atoms with Crippen molar-refractivity contribution in [3.8, 4) is 5.75 Å². The Morgan fingerprint density at radius 1 is 1.12 bits per heavy atom. The molecule has 0 bridgehead atoms. The Balaban J connectivity index is 2.13. The number of carbonyl (C=O) groups is 3. The van der Waals surface area contributed by atoms with Gasteiger partial charge in [-0.25, -0.2) is 0 Å². The number of ketones is 1. The minimum absolute atomic E-state index is 0.0261. The Morgan fingerprint density at radius 2 is 1.82 bits per heavy atom. The van der Waals surface area contributed by atoms with Gasteiger partial charge in [0.15, 0.2) is 0 Å². The molecular formula is C25H27ClN2O5. The number of hydrogen-bond donors (Lipinski definition) is 1. The van der Waals surface area contributed by atoms with E-state index in [1.807, 2.05) is 13.8 Å². The first-order chi connectivity index (χ1) is 15.8. The molecule has 174 valence electrons. The summed E-state index contributed by atoms with van der Waals surface area (Å²) in [5.74, 6) is -1.95. The SMILES string of the molecule is CCN(CC)CCN1C(=O)C(=O)/C(=C(\O)c2cccc(Cl)c2)C1c1cccc(OC(C)=O)c1. The summed E-state index contributed by atoms with van der Waals surface area (Å²) in [5, 5.41) is 11.5. The van der Waals surface area contributed by atoms with E-state index in [2.05, 4.69) is 4.90 Å². The van der Waals surface area contributed by atoms with Gasteiger partial charge in [-0.15, -0.1) is 0 Å². The maximum absolute atomic E-state index is 13.1. The van der Waals surface area contributed by atoms with E-state index in [0.717, 1.165) is 13.1 Å². The van der Waals surface area contributed by atoms with Gasteiger partial charge in [0, 0.05) is 30.6 Å². The fourth-order valence-electron chi connectivity index (χ4n) is 3.95. The highest BCUT2D eigenvalue weighted by atomic mass is 35.5. The third-order valence-corrected chi connectivity index (χ3v) is 5.86. The highest BCUT2D eigenvalue weighted by molar-refractivity contribution is 6.46. The lowest BCUT2D eigenvalue weighted by Crippen LogP contribution is -2.38. The minimum Gasteiger partial charge on any atom is -0.507 e. The number of esters is 1. The molecule has 2 aromatic rings. The number of ether oxygens (including phenoxy) is 1. The van der Waals surface area contributed by atoms with Crippen molar-refractivity contribution >= 4 is 35.0 Å². The zero-order chi connectivity index (χ0) is 24.1. The average Bonchev–Trinajstić information content (AvgIpc) is 3.04. The van der Waals surface area contributed by atoms with Gasteiger partial charge in [-0.1, -0.05) is 49.7 Å². The highest BCUT2D eigenvalue weighted by Crippen LogP contribution is 2.40. The molecule has 1 N–H and O–H groups in total. The summed E-state index contributed by atoms with van der Waals surface area (Å²) in [7, 11) is 0. The predicted molar refractivity (Wildman–Crippen MR) is 126 cm³/mol. The van der Waals surface area contributed by atoms with Gasteiger partial charge >= 0.3 is 5.97 Å². The van der Waals surface area contributed by atoms with Crippen LogP contribution >= 0.6 is 11.6 Å². The molecule has 8 heteroatoms. The summed E-state index contributed by atoms with van der Waals surface area (Å²) in [6.45, 7) is 7.80. The molecule has 1 aliphatic rings. The Hall–Kier alpha value is -3.16. The molecule has 1 unspecified atom stereocenters. The molecular weight excluding hydrogens is 444 g/mol. The summed E-state index contributed by atoms with van der Waals surface area (Å²) < 4.78 is 5.20. The van der Waals surface area contributed by atoms with E-state index in [-0.39, 0.29) is 17.1 Å². The third kappa shape index (κ3) is 5.43. The van der Waals surface area contributed by atoms with E-state index in [1.54, 1.807) is 42.5 Å². The summed E-state index contributed by atoms with van der Waals surface area (Å²) in [5.41, 5.74) is 0.864. The molecule has 33 heavy (non-hydrogen) atoms. The van der Waals surface area contributed by atoms with Gasteiger partial charge in [0.05, 0.1) is 11.6 Å². The lowest BCUT2D eigenvalue weighted by Gasteiger charge is -2.28. The number of likely N-dealkylation sites (tertiary alicyclic amines) is 1.